The molecule has 0 heterocycles. The summed E-state index contributed by atoms with van der Waals surface area (Å²) < 4.78 is 6.67. The molecule has 0 aliphatic rings. The highest BCUT2D eigenvalue weighted by Crippen LogP contribution is 2.16. The molecule has 4 nitrogen and oxygen atoms in total. The molecule has 2 aromatic carbocycles. The molecule has 2 aromatic rings. The standard InChI is InChI=1S/C19H23BrN2O2/c1-15(16-8-10-17(20)11-9-16)21-19(23)14-22(2)12-13-24-18-6-4-3-5-7-18/h3-11,15H,12-14H2,1-2H3,(H,21,23)/t15-/m0/s1. The number of amides is 1. The Bertz CT molecular complexity index is 632. The monoisotopic (exact) mass is 390 g/mol. The van der Waals surface area contributed by atoms with Gasteiger partial charge in [0.15, 0.2) is 0 Å². The third-order valence-electron chi connectivity index (χ3n) is 3.65. The van der Waals surface area contributed by atoms with Crippen LogP contribution < -0.4 is 10.1 Å². The zero-order valence-electron chi connectivity index (χ0n) is 14.0. The summed E-state index contributed by atoms with van der Waals surface area (Å²) in [6.45, 7) is 3.57. The van der Waals surface area contributed by atoms with E-state index >= 15 is 0 Å². The Kier molecular flexibility index (Phi) is 7.28. The molecule has 5 heteroatoms. The fraction of sp³-hybridized carbons (Fsp3) is 0.316. The Balaban J connectivity index is 1.70. The second-order valence-corrected chi connectivity index (χ2v) is 6.66. The lowest BCUT2D eigenvalue weighted by atomic mass is 10.1. The number of carbonyl (C=O) groups is 1. The summed E-state index contributed by atoms with van der Waals surface area (Å²) in [4.78, 5) is 14.1. The molecule has 2 rings (SSSR count). The molecule has 0 saturated heterocycles. The van der Waals surface area contributed by atoms with Crippen LogP contribution in [0.3, 0.4) is 0 Å². The number of likely N-dealkylation sites (N-methyl/N-ethyl adjacent to an activating group) is 1. The third kappa shape index (κ3) is 6.34. The molecule has 0 unspecified atom stereocenters. The van der Waals surface area contributed by atoms with Crippen molar-refractivity contribution >= 4 is 21.8 Å². The van der Waals surface area contributed by atoms with E-state index in [1.165, 1.54) is 0 Å². The molecule has 0 aliphatic heterocycles. The molecular weight excluding hydrogens is 368 g/mol. The van der Waals surface area contributed by atoms with Gasteiger partial charge in [-0.15, -0.1) is 0 Å². The Labute approximate surface area is 151 Å². The van der Waals surface area contributed by atoms with Crippen molar-refractivity contribution in [2.24, 2.45) is 0 Å². The van der Waals surface area contributed by atoms with Crippen LogP contribution in [0, 0.1) is 0 Å². The number of nitrogens with zero attached hydrogens (tertiary/aromatic N) is 1. The minimum Gasteiger partial charge on any atom is -0.492 e. The predicted molar refractivity (Wildman–Crippen MR) is 100 cm³/mol. The molecule has 24 heavy (non-hydrogen) atoms. The van der Waals surface area contributed by atoms with Crippen LogP contribution in [0.2, 0.25) is 0 Å². The van der Waals surface area contributed by atoms with Gasteiger partial charge in [0.1, 0.15) is 12.4 Å². The summed E-state index contributed by atoms with van der Waals surface area (Å²) in [6.07, 6.45) is 0. The third-order valence-corrected chi connectivity index (χ3v) is 4.17. The zero-order valence-corrected chi connectivity index (χ0v) is 15.6. The molecule has 0 bridgehead atoms. The molecule has 1 atom stereocenters. The van der Waals surface area contributed by atoms with Crippen LogP contribution in [-0.2, 0) is 4.79 Å². The van der Waals surface area contributed by atoms with Gasteiger partial charge in [0.25, 0.3) is 0 Å². The number of rotatable bonds is 8. The van der Waals surface area contributed by atoms with Gasteiger partial charge in [-0.05, 0) is 43.8 Å². The Morgan fingerprint density at radius 2 is 1.83 bits per heavy atom. The first kappa shape index (κ1) is 18.5. The molecule has 0 spiro atoms. The lowest BCUT2D eigenvalue weighted by Gasteiger charge is -2.19. The van der Waals surface area contributed by atoms with Gasteiger partial charge in [0.2, 0.25) is 5.91 Å². The second kappa shape index (κ2) is 9.45. The fourth-order valence-electron chi connectivity index (χ4n) is 2.28. The van der Waals surface area contributed by atoms with Gasteiger partial charge < -0.3 is 10.1 Å². The molecule has 1 N–H and O–H groups in total. The van der Waals surface area contributed by atoms with Crippen LogP contribution in [0.1, 0.15) is 18.5 Å². The van der Waals surface area contributed by atoms with E-state index < -0.39 is 0 Å². The quantitative estimate of drug-likeness (QED) is 0.747. The Morgan fingerprint density at radius 3 is 2.50 bits per heavy atom. The zero-order chi connectivity index (χ0) is 17.4. The average molecular weight is 391 g/mol. The number of hydrogen-bond acceptors (Lipinski definition) is 3. The molecule has 0 fully saturated rings. The van der Waals surface area contributed by atoms with E-state index in [9.17, 15) is 4.79 Å². The van der Waals surface area contributed by atoms with Crippen molar-refractivity contribution in [2.75, 3.05) is 26.7 Å². The highest BCUT2D eigenvalue weighted by molar-refractivity contribution is 9.10. The van der Waals surface area contributed by atoms with Crippen LogP contribution in [0.25, 0.3) is 0 Å². The normalized spacial score (nSPS) is 12.0. The van der Waals surface area contributed by atoms with Gasteiger partial charge in [0.05, 0.1) is 12.6 Å². The van der Waals surface area contributed by atoms with Gasteiger partial charge in [-0.2, -0.15) is 0 Å². The molecule has 1 amide bonds. The number of benzene rings is 2. The van der Waals surface area contributed by atoms with Crippen molar-refractivity contribution in [1.82, 2.24) is 10.2 Å². The van der Waals surface area contributed by atoms with Gasteiger partial charge in [-0.3, -0.25) is 9.69 Å². The second-order valence-electron chi connectivity index (χ2n) is 5.74. The summed E-state index contributed by atoms with van der Waals surface area (Å²) in [5.41, 5.74) is 1.08. The van der Waals surface area contributed by atoms with Gasteiger partial charge in [-0.1, -0.05) is 46.3 Å². The van der Waals surface area contributed by atoms with Crippen LogP contribution in [-0.4, -0.2) is 37.6 Å². The van der Waals surface area contributed by atoms with Crippen LogP contribution in [0.15, 0.2) is 59.1 Å². The van der Waals surface area contributed by atoms with Crippen molar-refractivity contribution < 1.29 is 9.53 Å². The fourth-order valence-corrected chi connectivity index (χ4v) is 2.55. The van der Waals surface area contributed by atoms with Crippen molar-refractivity contribution in [3.8, 4) is 5.75 Å². The molecule has 0 aliphatic carbocycles. The van der Waals surface area contributed by atoms with Gasteiger partial charge in [0, 0.05) is 11.0 Å². The van der Waals surface area contributed by atoms with E-state index in [-0.39, 0.29) is 11.9 Å². The van der Waals surface area contributed by atoms with Crippen molar-refractivity contribution in [1.29, 1.82) is 0 Å². The van der Waals surface area contributed by atoms with Gasteiger partial charge in [-0.25, -0.2) is 0 Å². The smallest absolute Gasteiger partial charge is 0.234 e. The van der Waals surface area contributed by atoms with Crippen LogP contribution >= 0.6 is 15.9 Å². The first-order chi connectivity index (χ1) is 11.5. The first-order valence-electron chi connectivity index (χ1n) is 7.96. The minimum atomic E-state index is -0.0143. The summed E-state index contributed by atoms with van der Waals surface area (Å²) >= 11 is 3.41. The van der Waals surface area contributed by atoms with Gasteiger partial charge >= 0.3 is 0 Å². The SMILES string of the molecule is C[C@H](NC(=O)CN(C)CCOc1ccccc1)c1ccc(Br)cc1. The number of halogens is 1. The lowest BCUT2D eigenvalue weighted by Crippen LogP contribution is -2.38. The molecule has 0 radical (unpaired) electrons. The maximum atomic E-state index is 12.1. The van der Waals surface area contributed by atoms with E-state index in [4.69, 9.17) is 4.74 Å². The molecule has 0 aromatic heterocycles. The lowest BCUT2D eigenvalue weighted by molar-refractivity contribution is -0.122. The highest BCUT2D eigenvalue weighted by atomic mass is 79.9. The van der Waals surface area contributed by atoms with Crippen molar-refractivity contribution in [2.45, 2.75) is 13.0 Å². The minimum absolute atomic E-state index is 0.00706. The predicted octanol–water partition coefficient (Wildman–Crippen LogP) is 3.64. The topological polar surface area (TPSA) is 41.6 Å². The summed E-state index contributed by atoms with van der Waals surface area (Å²) in [6, 6.07) is 17.6. The summed E-state index contributed by atoms with van der Waals surface area (Å²) in [7, 11) is 1.91. The first-order valence-corrected chi connectivity index (χ1v) is 8.75. The number of ether oxygens (including phenoxy) is 1. The molecular formula is C19H23BrN2O2. The average Bonchev–Trinajstić information content (AvgIpc) is 2.56. The maximum absolute atomic E-state index is 12.1. The van der Waals surface area contributed by atoms with Crippen molar-refractivity contribution in [3.63, 3.8) is 0 Å². The van der Waals surface area contributed by atoms with E-state index in [2.05, 4.69) is 21.2 Å². The number of para-hydroxylation sites is 1. The van der Waals surface area contributed by atoms with E-state index in [1.807, 2.05) is 73.5 Å². The summed E-state index contributed by atoms with van der Waals surface area (Å²) in [5, 5.41) is 3.02. The van der Waals surface area contributed by atoms with Crippen LogP contribution in [0.4, 0.5) is 0 Å². The maximum Gasteiger partial charge on any atom is 0.234 e. The molecule has 0 saturated carbocycles. The van der Waals surface area contributed by atoms with E-state index in [0.717, 1.165) is 15.8 Å². The number of carbonyl (C=O) groups excluding carboxylic acids is 1. The molecule has 128 valence electrons. The number of nitrogens with one attached hydrogen (secondary N) is 1. The van der Waals surface area contributed by atoms with E-state index in [0.29, 0.717) is 19.7 Å². The number of hydrogen-bond donors (Lipinski definition) is 1. The Hall–Kier alpha value is -1.85. The highest BCUT2D eigenvalue weighted by Gasteiger charge is 2.11. The van der Waals surface area contributed by atoms with Crippen LogP contribution in [0.5, 0.6) is 5.75 Å². The van der Waals surface area contributed by atoms with Crippen molar-refractivity contribution in [3.05, 3.63) is 64.6 Å². The Morgan fingerprint density at radius 1 is 1.17 bits per heavy atom. The van der Waals surface area contributed by atoms with E-state index in [1.54, 1.807) is 0 Å². The largest absolute Gasteiger partial charge is 0.492 e. The summed E-state index contributed by atoms with van der Waals surface area (Å²) in [5.74, 6) is 0.854.